The Kier molecular flexibility index (Phi) is 6.77. The quantitative estimate of drug-likeness (QED) is 0.643. The third-order valence-corrected chi connectivity index (χ3v) is 4.01. The lowest BCUT2D eigenvalue weighted by Gasteiger charge is -2.19. The molecule has 0 aromatic heterocycles. The molecule has 0 saturated heterocycles. The van der Waals surface area contributed by atoms with Crippen molar-refractivity contribution in [2.24, 2.45) is 5.92 Å². The topological polar surface area (TPSA) is 47.3 Å². The van der Waals surface area contributed by atoms with Crippen LogP contribution in [0.15, 0.2) is 42.5 Å². The van der Waals surface area contributed by atoms with Crippen molar-refractivity contribution in [2.45, 2.75) is 39.5 Å². The Morgan fingerprint density at radius 2 is 1.73 bits per heavy atom. The van der Waals surface area contributed by atoms with E-state index in [2.05, 4.69) is 5.32 Å². The fourth-order valence-electron chi connectivity index (χ4n) is 2.48. The van der Waals surface area contributed by atoms with Crippen molar-refractivity contribution in [2.75, 3.05) is 17.6 Å². The van der Waals surface area contributed by atoms with Crippen molar-refractivity contribution in [1.29, 1.82) is 0 Å². The highest BCUT2D eigenvalue weighted by Gasteiger charge is 2.38. The lowest BCUT2D eigenvalue weighted by molar-refractivity contribution is -0.138. The van der Waals surface area contributed by atoms with E-state index < -0.39 is 11.7 Å². The Labute approximate surface area is 152 Å². The second-order valence-electron chi connectivity index (χ2n) is 6.00. The summed E-state index contributed by atoms with van der Waals surface area (Å²) in [6.45, 7) is 4.70. The first kappa shape index (κ1) is 19.9. The number of nitrogen functional groups attached to an aromatic ring is 1. The molecule has 2 aromatic carbocycles. The minimum Gasteiger partial charge on any atom is -0.488 e. The van der Waals surface area contributed by atoms with Gasteiger partial charge in [-0.15, -0.1) is 0 Å². The second-order valence-corrected chi connectivity index (χ2v) is 6.00. The number of benzene rings is 2. The summed E-state index contributed by atoms with van der Waals surface area (Å²) in [6, 6.07) is 11.9. The normalized spacial score (nSPS) is 13.6. The third-order valence-electron chi connectivity index (χ3n) is 4.01. The molecule has 2 aromatic rings. The molecule has 1 aliphatic carbocycles. The van der Waals surface area contributed by atoms with Crippen LogP contribution in [0.4, 0.5) is 24.5 Å². The zero-order chi connectivity index (χ0) is 19.2. The molecule has 0 heterocycles. The van der Waals surface area contributed by atoms with Crippen LogP contribution in [0.25, 0.3) is 0 Å². The van der Waals surface area contributed by atoms with Crippen LogP contribution in [0.1, 0.15) is 37.8 Å². The van der Waals surface area contributed by atoms with Crippen LogP contribution in [0.3, 0.4) is 0 Å². The van der Waals surface area contributed by atoms with Gasteiger partial charge in [0, 0.05) is 6.54 Å². The first-order valence-electron chi connectivity index (χ1n) is 8.85. The molecule has 0 amide bonds. The number of hydrogen-bond acceptors (Lipinski definition) is 3. The van der Waals surface area contributed by atoms with Gasteiger partial charge in [0.15, 0.2) is 0 Å². The summed E-state index contributed by atoms with van der Waals surface area (Å²) >= 11 is 0. The van der Waals surface area contributed by atoms with E-state index in [-0.39, 0.29) is 18.0 Å². The maximum absolute atomic E-state index is 13.4. The first-order valence-corrected chi connectivity index (χ1v) is 8.85. The monoisotopic (exact) mass is 366 g/mol. The number of rotatable bonds is 6. The fraction of sp³-hybridized carbons (Fsp3) is 0.400. The van der Waals surface area contributed by atoms with Crippen LogP contribution < -0.4 is 15.8 Å². The molecule has 1 saturated carbocycles. The van der Waals surface area contributed by atoms with Gasteiger partial charge in [-0.05, 0) is 36.5 Å². The predicted molar refractivity (Wildman–Crippen MR) is 99.2 cm³/mol. The van der Waals surface area contributed by atoms with E-state index in [0.29, 0.717) is 18.2 Å². The van der Waals surface area contributed by atoms with Crippen molar-refractivity contribution in [3.63, 3.8) is 0 Å². The minimum atomic E-state index is -4.58. The Morgan fingerprint density at radius 1 is 1.08 bits per heavy atom. The van der Waals surface area contributed by atoms with Crippen molar-refractivity contribution in [3.8, 4) is 5.75 Å². The van der Waals surface area contributed by atoms with Crippen LogP contribution in [0.2, 0.25) is 0 Å². The average molecular weight is 366 g/mol. The van der Waals surface area contributed by atoms with Gasteiger partial charge in [-0.1, -0.05) is 44.2 Å². The van der Waals surface area contributed by atoms with Gasteiger partial charge >= 0.3 is 6.18 Å². The molecule has 142 valence electrons. The zero-order valence-corrected chi connectivity index (χ0v) is 15.1. The van der Waals surface area contributed by atoms with E-state index in [4.69, 9.17) is 10.5 Å². The van der Waals surface area contributed by atoms with Crippen LogP contribution in [0, 0.1) is 5.92 Å². The summed E-state index contributed by atoms with van der Waals surface area (Å²) in [7, 11) is 0. The van der Waals surface area contributed by atoms with Gasteiger partial charge in [0.05, 0.1) is 11.4 Å². The van der Waals surface area contributed by atoms with Crippen LogP contribution in [-0.2, 0) is 12.8 Å². The SMILES string of the molecule is CC.Nc1c(NCC2CC2)ccc(OCc2ccccc2)c1C(F)(F)F. The molecule has 0 spiro atoms. The highest BCUT2D eigenvalue weighted by Crippen LogP contribution is 2.44. The number of halogens is 3. The molecule has 1 fully saturated rings. The van der Waals surface area contributed by atoms with Gasteiger partial charge < -0.3 is 15.8 Å². The van der Waals surface area contributed by atoms with E-state index in [1.807, 2.05) is 32.0 Å². The third kappa shape index (κ3) is 5.31. The van der Waals surface area contributed by atoms with Gasteiger partial charge in [-0.2, -0.15) is 13.2 Å². The smallest absolute Gasteiger partial charge is 0.422 e. The average Bonchev–Trinajstić information content (AvgIpc) is 3.45. The summed E-state index contributed by atoms with van der Waals surface area (Å²) < 4.78 is 45.7. The molecule has 1 aliphatic rings. The zero-order valence-electron chi connectivity index (χ0n) is 15.1. The summed E-state index contributed by atoms with van der Waals surface area (Å²) in [6.07, 6.45) is -2.36. The van der Waals surface area contributed by atoms with Gasteiger partial charge in [-0.3, -0.25) is 0 Å². The van der Waals surface area contributed by atoms with Crippen LogP contribution in [0.5, 0.6) is 5.75 Å². The maximum Gasteiger partial charge on any atom is 0.422 e. The lowest BCUT2D eigenvalue weighted by Crippen LogP contribution is -2.15. The molecule has 0 bridgehead atoms. The molecule has 0 unspecified atom stereocenters. The molecule has 26 heavy (non-hydrogen) atoms. The van der Waals surface area contributed by atoms with E-state index >= 15 is 0 Å². The second kappa shape index (κ2) is 8.83. The van der Waals surface area contributed by atoms with E-state index in [0.717, 1.165) is 18.4 Å². The van der Waals surface area contributed by atoms with Crippen molar-refractivity contribution in [3.05, 3.63) is 53.6 Å². The van der Waals surface area contributed by atoms with Crippen molar-refractivity contribution in [1.82, 2.24) is 0 Å². The van der Waals surface area contributed by atoms with Gasteiger partial charge in [0.2, 0.25) is 0 Å². The molecular weight excluding hydrogens is 341 g/mol. The summed E-state index contributed by atoms with van der Waals surface area (Å²) in [5, 5.41) is 3.01. The first-order chi connectivity index (χ1) is 12.4. The van der Waals surface area contributed by atoms with Crippen LogP contribution in [-0.4, -0.2) is 6.54 Å². The Morgan fingerprint density at radius 3 is 2.31 bits per heavy atom. The van der Waals surface area contributed by atoms with Gasteiger partial charge in [-0.25, -0.2) is 0 Å². The van der Waals surface area contributed by atoms with Gasteiger partial charge in [0.1, 0.15) is 17.9 Å². The van der Waals surface area contributed by atoms with Crippen molar-refractivity contribution >= 4 is 11.4 Å². The number of alkyl halides is 3. The Bertz CT molecular complexity index is 698. The minimum absolute atomic E-state index is 0.0538. The largest absolute Gasteiger partial charge is 0.488 e. The molecule has 3 rings (SSSR count). The highest BCUT2D eigenvalue weighted by molar-refractivity contribution is 5.74. The molecule has 6 heteroatoms. The summed E-state index contributed by atoms with van der Waals surface area (Å²) in [4.78, 5) is 0. The van der Waals surface area contributed by atoms with Crippen molar-refractivity contribution < 1.29 is 17.9 Å². The summed E-state index contributed by atoms with van der Waals surface area (Å²) in [5.74, 6) is 0.286. The van der Waals surface area contributed by atoms with E-state index in [9.17, 15) is 13.2 Å². The number of anilines is 2. The maximum atomic E-state index is 13.4. The Hall–Kier alpha value is -2.37. The molecule has 3 nitrogen and oxygen atoms in total. The molecule has 0 radical (unpaired) electrons. The molecular formula is C20H25F3N2O. The highest BCUT2D eigenvalue weighted by atomic mass is 19.4. The number of ether oxygens (including phenoxy) is 1. The van der Waals surface area contributed by atoms with Crippen LogP contribution >= 0.6 is 0 Å². The summed E-state index contributed by atoms with van der Waals surface area (Å²) in [5.41, 5.74) is 5.65. The fourth-order valence-corrected chi connectivity index (χ4v) is 2.48. The lowest BCUT2D eigenvalue weighted by atomic mass is 10.1. The molecule has 3 N–H and O–H groups in total. The van der Waals surface area contributed by atoms with E-state index in [1.54, 1.807) is 18.2 Å². The number of nitrogens with one attached hydrogen (secondary N) is 1. The molecule has 0 aliphatic heterocycles. The Balaban J connectivity index is 0.00000117. The standard InChI is InChI=1S/C18H19F3N2O.C2H6/c19-18(20,21)16-15(24-11-13-4-2-1-3-5-13)9-8-14(17(16)22)23-10-12-6-7-12;1-2/h1-5,8-9,12,23H,6-7,10-11,22H2;1-2H3. The van der Waals surface area contributed by atoms with Gasteiger partial charge in [0.25, 0.3) is 0 Å². The predicted octanol–water partition coefficient (Wildman–Crippen LogP) is 5.71. The number of nitrogens with two attached hydrogens (primary N) is 1. The van der Waals surface area contributed by atoms with E-state index in [1.165, 1.54) is 6.07 Å². The number of hydrogen-bond donors (Lipinski definition) is 2. The molecule has 0 atom stereocenters.